The van der Waals surface area contributed by atoms with Crippen molar-refractivity contribution in [3.05, 3.63) is 6.58 Å². The minimum absolute atomic E-state index is 2.22. The van der Waals surface area contributed by atoms with Crippen molar-refractivity contribution >= 4 is 22.0 Å². The minimum Gasteiger partial charge on any atom is -0.165 e. The van der Waals surface area contributed by atoms with Crippen molar-refractivity contribution in [1.82, 2.24) is 0 Å². The number of rotatable bonds is 0. The zero-order valence-electron chi connectivity index (χ0n) is 2.03. The molecule has 22 valence electrons. The first-order chi connectivity index (χ1) is 1.91. The smallest absolute Gasteiger partial charge is 0.0849 e. The molecule has 0 atom stereocenters. The Morgan fingerprint density at radius 3 is 2.25 bits per heavy atom. The van der Waals surface area contributed by atoms with Gasteiger partial charge in [-0.3, -0.25) is 0 Å². The Morgan fingerprint density at radius 2 is 2.25 bits per heavy atom. The van der Waals surface area contributed by atoms with Crippen LogP contribution in [0.3, 0.4) is 0 Å². The van der Waals surface area contributed by atoms with Crippen LogP contribution in [0.25, 0.3) is 0 Å². The van der Waals surface area contributed by atoms with Gasteiger partial charge in [-0.25, -0.2) is 0 Å². The van der Waals surface area contributed by atoms with Crippen LogP contribution in [0.1, 0.15) is 0 Å². The molecule has 0 aliphatic carbocycles. The molecule has 0 unspecified atom stereocenters. The fourth-order valence-corrected chi connectivity index (χ4v) is 0. The van der Waals surface area contributed by atoms with Crippen LogP contribution in [0.15, 0.2) is 10.6 Å². The second-order valence-electron chi connectivity index (χ2n) is 0.243. The topological polar surface area (TPSA) is 12.4 Å². The van der Waals surface area contributed by atoms with Crippen LogP contribution in [0.4, 0.5) is 0 Å². The lowest BCUT2D eigenvalue weighted by atomic mass is 11.2. The fraction of sp³-hybridized carbons (Fsp3) is 0. The summed E-state index contributed by atoms with van der Waals surface area (Å²) in [6.45, 7) is 3.14. The second-order valence-corrected chi connectivity index (χ2v) is 0.597. The van der Waals surface area contributed by atoms with Gasteiger partial charge in [0.15, 0.2) is 0 Å². The van der Waals surface area contributed by atoms with Crippen LogP contribution in [0, 0.1) is 0 Å². The van der Waals surface area contributed by atoms with E-state index in [4.69, 9.17) is 0 Å². The molecule has 0 amide bonds. The van der Waals surface area contributed by atoms with E-state index in [1.807, 2.05) is 0 Å². The second kappa shape index (κ2) is 2.93. The summed E-state index contributed by atoms with van der Waals surface area (Å²) in [6.07, 6.45) is 0. The monoisotopic (exact) mass is 119 g/mol. The van der Waals surface area contributed by atoms with Crippen molar-refractivity contribution in [2.24, 2.45) is 4.02 Å². The van der Waals surface area contributed by atoms with Crippen molar-refractivity contribution < 1.29 is 0 Å². The van der Waals surface area contributed by atoms with Crippen molar-refractivity contribution in [1.29, 1.82) is 0 Å². The molecule has 0 spiro atoms. The van der Waals surface area contributed by atoms with Gasteiger partial charge in [0.2, 0.25) is 0 Å². The maximum Gasteiger partial charge on any atom is 0.0849 e. The Morgan fingerprint density at radius 1 is 2.00 bits per heavy atom. The maximum atomic E-state index is 3.19. The van der Waals surface area contributed by atoms with E-state index in [-0.39, 0.29) is 0 Å². The molecule has 0 aliphatic rings. The summed E-state index contributed by atoms with van der Waals surface area (Å²) in [5.41, 5.74) is 0. The summed E-state index contributed by atoms with van der Waals surface area (Å²) >= 11 is 2.70. The zero-order chi connectivity index (χ0) is 3.41. The molecule has 2 heteroatoms. The molecule has 0 heterocycles. The normalized spacial score (nSPS) is 4.25. The van der Waals surface area contributed by atoms with Gasteiger partial charge < -0.3 is 0 Å². The fourth-order valence-electron chi connectivity index (χ4n) is 0. The maximum absolute atomic E-state index is 3.19. The lowest BCUT2D eigenvalue weighted by Gasteiger charge is -1.37. The average Bonchev–Trinajstić information content (AvgIpc) is 1.37. The Labute approximate surface area is 33.4 Å². The summed E-state index contributed by atoms with van der Waals surface area (Å²) in [5, 5.41) is 0. The minimum atomic E-state index is 2.22. The van der Waals surface area contributed by atoms with Gasteiger partial charge in [-0.2, -0.15) is 4.02 Å². The molecule has 0 saturated carbocycles. The molecule has 0 radical (unpaired) electrons. The van der Waals surface area contributed by atoms with Crippen LogP contribution in [-0.2, 0) is 0 Å². The summed E-state index contributed by atoms with van der Waals surface area (Å²) in [4.78, 5) is 0. The van der Waals surface area contributed by atoms with Gasteiger partial charge in [0.1, 0.15) is 0 Å². The molecule has 0 aromatic carbocycles. The lowest BCUT2D eigenvalue weighted by molar-refractivity contribution is 2.09. The van der Waals surface area contributed by atoms with E-state index in [0.717, 1.165) is 0 Å². The highest BCUT2D eigenvalue weighted by atomic mass is 79.9. The third-order valence-corrected chi connectivity index (χ3v) is 0.311. The van der Waals surface area contributed by atoms with Crippen molar-refractivity contribution in [3.8, 4) is 0 Å². The van der Waals surface area contributed by atoms with Gasteiger partial charge in [0.25, 0.3) is 0 Å². The van der Waals surface area contributed by atoms with Crippen molar-refractivity contribution in [2.45, 2.75) is 0 Å². The average molecular weight is 120 g/mol. The van der Waals surface area contributed by atoms with Gasteiger partial charge in [-0.1, -0.05) is 0 Å². The molecular formula is C2H2BrN. The van der Waals surface area contributed by atoms with Gasteiger partial charge >= 0.3 is 0 Å². The van der Waals surface area contributed by atoms with Gasteiger partial charge in [0, 0.05) is 0 Å². The van der Waals surface area contributed by atoms with Gasteiger partial charge in [-0.15, -0.1) is 0 Å². The highest BCUT2D eigenvalue weighted by molar-refractivity contribution is 9.08. The Hall–Kier alpha value is -0.0700. The van der Waals surface area contributed by atoms with E-state index < -0.39 is 0 Å². The summed E-state index contributed by atoms with van der Waals surface area (Å²) < 4.78 is 3.19. The van der Waals surface area contributed by atoms with Crippen LogP contribution in [-0.4, -0.2) is 5.87 Å². The van der Waals surface area contributed by atoms with E-state index in [2.05, 4.69) is 32.6 Å². The van der Waals surface area contributed by atoms with Crippen LogP contribution >= 0.6 is 16.1 Å². The van der Waals surface area contributed by atoms with Crippen molar-refractivity contribution in [2.75, 3.05) is 0 Å². The van der Waals surface area contributed by atoms with Crippen LogP contribution in [0.5, 0.6) is 0 Å². The molecule has 0 saturated heterocycles. The molecule has 0 rings (SSSR count). The number of nitrogens with zero attached hydrogens (tertiary/aromatic N) is 1. The van der Waals surface area contributed by atoms with E-state index in [1.54, 1.807) is 0 Å². The van der Waals surface area contributed by atoms with E-state index in [9.17, 15) is 0 Å². The van der Waals surface area contributed by atoms with Gasteiger partial charge in [0.05, 0.1) is 16.1 Å². The predicted octanol–water partition coefficient (Wildman–Crippen LogP) is 1.15. The highest BCUT2D eigenvalue weighted by Crippen LogP contribution is 1.68. The molecule has 0 aromatic heterocycles. The largest absolute Gasteiger partial charge is 0.165 e. The molecule has 0 bridgehead atoms. The number of hydrogen-bond donors (Lipinski definition) is 0. The first-order valence-electron chi connectivity index (χ1n) is 0.746. The summed E-state index contributed by atoms with van der Waals surface area (Å²) in [6, 6.07) is 0. The number of hydrogen-bond acceptors (Lipinski definition) is 1. The van der Waals surface area contributed by atoms with E-state index in [0.29, 0.717) is 0 Å². The Balaban J connectivity index is 3.11. The third-order valence-electron chi connectivity index (χ3n) is 0.0598. The first-order valence-corrected chi connectivity index (χ1v) is 1.46. The molecule has 0 aliphatic heterocycles. The Bertz CT molecular complexity index is 44.0. The highest BCUT2D eigenvalue weighted by Gasteiger charge is 1.26. The molecular weight excluding hydrogens is 118 g/mol. The standard InChI is InChI=1S/C2H2BrN/c1-2-4-3/h1H2. The molecule has 0 aromatic rings. The lowest BCUT2D eigenvalue weighted by Crippen LogP contribution is -1.20. The third kappa shape index (κ3) is 1.93. The van der Waals surface area contributed by atoms with Gasteiger partial charge in [-0.05, 0) is 12.4 Å². The Kier molecular flexibility index (Phi) is 2.88. The van der Waals surface area contributed by atoms with E-state index in [1.165, 1.54) is 0 Å². The quantitative estimate of drug-likeness (QED) is 0.425. The van der Waals surface area contributed by atoms with Crippen molar-refractivity contribution in [3.63, 3.8) is 0 Å². The number of halogens is 1. The predicted molar refractivity (Wildman–Crippen MR) is 22.0 cm³/mol. The summed E-state index contributed by atoms with van der Waals surface area (Å²) in [5.74, 6) is 2.22. The molecule has 1 nitrogen and oxygen atoms in total. The zero-order valence-corrected chi connectivity index (χ0v) is 3.62. The van der Waals surface area contributed by atoms with E-state index >= 15 is 0 Å². The molecule has 0 N–H and O–H groups in total. The molecule has 4 heavy (non-hydrogen) atoms. The molecule has 0 fully saturated rings. The van der Waals surface area contributed by atoms with Crippen LogP contribution in [0.2, 0.25) is 0 Å². The summed E-state index contributed by atoms with van der Waals surface area (Å²) in [7, 11) is 0. The SMILES string of the molecule is C=C=NBr. The first kappa shape index (κ1) is 3.93. The van der Waals surface area contributed by atoms with Crippen LogP contribution < -0.4 is 0 Å².